The molecule has 7 heteroatoms. The summed E-state index contributed by atoms with van der Waals surface area (Å²) in [7, 11) is 2.12. The summed E-state index contributed by atoms with van der Waals surface area (Å²) in [6.07, 6.45) is 3.90. The lowest BCUT2D eigenvalue weighted by molar-refractivity contribution is 0.0917. The number of anilines is 2. The van der Waals surface area contributed by atoms with Gasteiger partial charge in [0.2, 0.25) is 0 Å². The fourth-order valence-electron chi connectivity index (χ4n) is 4.83. The van der Waals surface area contributed by atoms with Crippen LogP contribution in [0.4, 0.5) is 11.5 Å². The number of hydrogen-bond donors (Lipinski definition) is 2. The Labute approximate surface area is 212 Å². The van der Waals surface area contributed by atoms with E-state index < -0.39 is 0 Å². The Morgan fingerprint density at radius 3 is 2.63 bits per heavy atom. The maximum Gasteiger partial charge on any atom is 0.251 e. The van der Waals surface area contributed by atoms with Crippen molar-refractivity contribution < 1.29 is 4.79 Å². The Balaban J connectivity index is 1.32. The van der Waals surface area contributed by atoms with E-state index in [0.29, 0.717) is 5.56 Å². The van der Waals surface area contributed by atoms with Gasteiger partial charge in [-0.1, -0.05) is 29.8 Å². The zero-order valence-electron chi connectivity index (χ0n) is 20.4. The molecule has 182 valence electrons. The van der Waals surface area contributed by atoms with Crippen LogP contribution in [0.3, 0.4) is 0 Å². The number of amides is 1. The van der Waals surface area contributed by atoms with Crippen LogP contribution in [-0.2, 0) is 6.54 Å². The molecular formula is C28H32ClN5O. The molecule has 0 saturated carbocycles. The lowest BCUT2D eigenvalue weighted by Gasteiger charge is -2.32. The third-order valence-electron chi connectivity index (χ3n) is 7.09. The molecule has 0 spiro atoms. The van der Waals surface area contributed by atoms with E-state index in [2.05, 4.69) is 46.5 Å². The average molecular weight is 490 g/mol. The minimum atomic E-state index is 0.00179. The van der Waals surface area contributed by atoms with Crippen molar-refractivity contribution in [2.24, 2.45) is 0 Å². The topological polar surface area (TPSA) is 60.5 Å². The standard InChI is InChI=1S/C28H32ClN5O/c1-19-3-8-24(29)15-23(19)18-34-14-11-30-27-26(34)16-22(17-31-27)20-4-6-21(7-5-20)28(35)32-25-9-12-33(2)13-10-25/h3-8,15-17,25H,9-14,18H2,1-2H3,(H,30,31)(H,32,35). The van der Waals surface area contributed by atoms with E-state index in [1.165, 1.54) is 11.1 Å². The Hall–Kier alpha value is -3.09. The van der Waals surface area contributed by atoms with E-state index >= 15 is 0 Å². The van der Waals surface area contributed by atoms with Crippen molar-refractivity contribution in [1.82, 2.24) is 15.2 Å². The number of rotatable bonds is 5. The molecule has 3 aromatic rings. The van der Waals surface area contributed by atoms with Crippen LogP contribution in [0, 0.1) is 6.92 Å². The van der Waals surface area contributed by atoms with Gasteiger partial charge in [-0.15, -0.1) is 0 Å². The fourth-order valence-corrected chi connectivity index (χ4v) is 5.03. The number of fused-ring (bicyclic) bond motifs is 1. The highest BCUT2D eigenvalue weighted by molar-refractivity contribution is 6.30. The molecule has 1 saturated heterocycles. The first-order chi connectivity index (χ1) is 17.0. The smallest absolute Gasteiger partial charge is 0.251 e. The van der Waals surface area contributed by atoms with Crippen LogP contribution in [0.1, 0.15) is 34.3 Å². The van der Waals surface area contributed by atoms with Crippen LogP contribution in [0.5, 0.6) is 0 Å². The van der Waals surface area contributed by atoms with Crippen LogP contribution >= 0.6 is 11.6 Å². The minimum absolute atomic E-state index is 0.00179. The van der Waals surface area contributed by atoms with E-state index in [4.69, 9.17) is 16.6 Å². The second-order valence-electron chi connectivity index (χ2n) is 9.64. The van der Waals surface area contributed by atoms with Gasteiger partial charge >= 0.3 is 0 Å². The third kappa shape index (κ3) is 5.44. The van der Waals surface area contributed by atoms with E-state index in [-0.39, 0.29) is 11.9 Å². The van der Waals surface area contributed by atoms with Crippen LogP contribution in [-0.4, -0.2) is 55.1 Å². The largest absolute Gasteiger partial charge is 0.367 e. The molecule has 1 aromatic heterocycles. The molecule has 5 rings (SSSR count). The van der Waals surface area contributed by atoms with E-state index in [1.54, 1.807) is 0 Å². The van der Waals surface area contributed by atoms with Crippen molar-refractivity contribution in [3.05, 3.63) is 76.4 Å². The van der Waals surface area contributed by atoms with Crippen molar-refractivity contribution in [3.8, 4) is 11.1 Å². The van der Waals surface area contributed by atoms with Gasteiger partial charge in [0.05, 0.1) is 5.69 Å². The van der Waals surface area contributed by atoms with Gasteiger partial charge in [0.25, 0.3) is 5.91 Å². The zero-order chi connectivity index (χ0) is 24.4. The van der Waals surface area contributed by atoms with Crippen molar-refractivity contribution in [3.63, 3.8) is 0 Å². The van der Waals surface area contributed by atoms with Crippen LogP contribution in [0.15, 0.2) is 54.7 Å². The van der Waals surface area contributed by atoms with Crippen LogP contribution < -0.4 is 15.5 Å². The quantitative estimate of drug-likeness (QED) is 0.530. The number of benzene rings is 2. The zero-order valence-corrected chi connectivity index (χ0v) is 21.1. The van der Waals surface area contributed by atoms with E-state index in [9.17, 15) is 4.79 Å². The second kappa shape index (κ2) is 10.3. The number of aromatic nitrogens is 1. The lowest BCUT2D eigenvalue weighted by atomic mass is 10.0. The molecule has 0 unspecified atom stereocenters. The number of likely N-dealkylation sites (tertiary alicyclic amines) is 1. The summed E-state index contributed by atoms with van der Waals surface area (Å²) in [6, 6.07) is 16.3. The maximum absolute atomic E-state index is 12.7. The summed E-state index contributed by atoms with van der Waals surface area (Å²) in [5, 5.41) is 7.36. The summed E-state index contributed by atoms with van der Waals surface area (Å²) < 4.78 is 0. The van der Waals surface area contributed by atoms with Gasteiger partial charge in [0.1, 0.15) is 5.82 Å². The average Bonchev–Trinajstić information content (AvgIpc) is 2.87. The Morgan fingerprint density at radius 2 is 1.86 bits per heavy atom. The molecule has 3 heterocycles. The number of nitrogens with one attached hydrogen (secondary N) is 2. The van der Waals surface area contributed by atoms with Gasteiger partial charge < -0.3 is 20.4 Å². The van der Waals surface area contributed by atoms with Gasteiger partial charge in [-0.05, 0) is 86.9 Å². The number of pyridine rings is 1. The second-order valence-corrected chi connectivity index (χ2v) is 10.1. The molecule has 1 amide bonds. The monoisotopic (exact) mass is 489 g/mol. The van der Waals surface area contributed by atoms with Crippen LogP contribution in [0.25, 0.3) is 11.1 Å². The van der Waals surface area contributed by atoms with Gasteiger partial charge in [0.15, 0.2) is 0 Å². The molecule has 35 heavy (non-hydrogen) atoms. The molecule has 2 aliphatic rings. The van der Waals surface area contributed by atoms with E-state index in [1.807, 2.05) is 42.6 Å². The summed E-state index contributed by atoms with van der Waals surface area (Å²) in [4.78, 5) is 22.1. The summed E-state index contributed by atoms with van der Waals surface area (Å²) in [5.41, 5.74) is 6.29. The maximum atomic E-state index is 12.7. The molecular weight excluding hydrogens is 458 g/mol. The molecule has 0 aliphatic carbocycles. The molecule has 2 aromatic carbocycles. The number of carbonyl (C=O) groups is 1. The predicted octanol–water partition coefficient (Wildman–Crippen LogP) is 4.97. The van der Waals surface area contributed by atoms with Gasteiger partial charge in [-0.25, -0.2) is 4.98 Å². The minimum Gasteiger partial charge on any atom is -0.367 e. The highest BCUT2D eigenvalue weighted by atomic mass is 35.5. The molecule has 6 nitrogen and oxygen atoms in total. The van der Waals surface area contributed by atoms with Crippen molar-refractivity contribution in [2.75, 3.05) is 43.4 Å². The summed E-state index contributed by atoms with van der Waals surface area (Å²) in [6.45, 7) is 6.69. The highest BCUT2D eigenvalue weighted by Crippen LogP contribution is 2.33. The molecule has 0 bridgehead atoms. The first-order valence-corrected chi connectivity index (χ1v) is 12.7. The molecule has 1 fully saturated rings. The lowest BCUT2D eigenvalue weighted by Crippen LogP contribution is -2.43. The van der Waals surface area contributed by atoms with Crippen molar-refractivity contribution in [2.45, 2.75) is 32.4 Å². The predicted molar refractivity (Wildman–Crippen MR) is 143 cm³/mol. The first kappa shape index (κ1) is 23.6. The van der Waals surface area contributed by atoms with Crippen LogP contribution in [0.2, 0.25) is 5.02 Å². The third-order valence-corrected chi connectivity index (χ3v) is 7.32. The van der Waals surface area contributed by atoms with Gasteiger partial charge in [0, 0.05) is 48.0 Å². The first-order valence-electron chi connectivity index (χ1n) is 12.3. The SMILES string of the molecule is Cc1ccc(Cl)cc1CN1CCNc2ncc(-c3ccc(C(=O)NC4CCN(C)CC4)cc3)cc21. The Bertz CT molecular complexity index is 1200. The number of piperidine rings is 1. The highest BCUT2D eigenvalue weighted by Gasteiger charge is 2.21. The number of aryl methyl sites for hydroxylation is 1. The molecule has 2 N–H and O–H groups in total. The molecule has 0 radical (unpaired) electrons. The summed E-state index contributed by atoms with van der Waals surface area (Å²) in [5.74, 6) is 0.899. The van der Waals surface area contributed by atoms with Gasteiger partial charge in [-0.2, -0.15) is 0 Å². The normalized spacial score (nSPS) is 16.5. The Kier molecular flexibility index (Phi) is 6.93. The molecule has 2 aliphatic heterocycles. The number of hydrogen-bond acceptors (Lipinski definition) is 5. The Morgan fingerprint density at radius 1 is 1.09 bits per heavy atom. The number of halogens is 1. The van der Waals surface area contributed by atoms with Gasteiger partial charge in [-0.3, -0.25) is 4.79 Å². The van der Waals surface area contributed by atoms with E-state index in [0.717, 1.165) is 73.2 Å². The summed E-state index contributed by atoms with van der Waals surface area (Å²) >= 11 is 6.26. The number of nitrogens with zero attached hydrogens (tertiary/aromatic N) is 3. The number of carbonyl (C=O) groups excluding carboxylic acids is 1. The molecule has 0 atom stereocenters. The fraction of sp³-hybridized carbons (Fsp3) is 0.357. The van der Waals surface area contributed by atoms with Crippen molar-refractivity contribution in [1.29, 1.82) is 0 Å². The van der Waals surface area contributed by atoms with Crippen molar-refractivity contribution >= 4 is 29.0 Å².